The van der Waals surface area contributed by atoms with Crippen LogP contribution in [0, 0.1) is 0 Å². The summed E-state index contributed by atoms with van der Waals surface area (Å²) in [4.78, 5) is 23.6. The highest BCUT2D eigenvalue weighted by molar-refractivity contribution is 6.03. The van der Waals surface area contributed by atoms with Crippen LogP contribution in [0.3, 0.4) is 0 Å². The summed E-state index contributed by atoms with van der Waals surface area (Å²) >= 11 is 0. The zero-order valence-electron chi connectivity index (χ0n) is 14.1. The maximum Gasteiger partial charge on any atom is 0.221 e. The molecule has 2 aromatic rings. The Morgan fingerprint density at radius 3 is 2.71 bits per heavy atom. The Morgan fingerprint density at radius 2 is 1.92 bits per heavy atom. The lowest BCUT2D eigenvalue weighted by atomic mass is 9.88. The molecule has 1 amide bonds. The van der Waals surface area contributed by atoms with Crippen LogP contribution in [-0.4, -0.2) is 11.7 Å². The third-order valence-corrected chi connectivity index (χ3v) is 5.32. The SMILES string of the molecule is CC(=O)Nc1ccc2c(c1)-c1c(ccc3c1CCC3=O)CCC2C. The van der Waals surface area contributed by atoms with Gasteiger partial charge in [-0.3, -0.25) is 9.59 Å². The maximum absolute atomic E-state index is 12.2. The van der Waals surface area contributed by atoms with Crippen molar-refractivity contribution < 1.29 is 9.59 Å². The number of ketones is 1. The van der Waals surface area contributed by atoms with Crippen molar-refractivity contribution in [3.8, 4) is 11.1 Å². The highest BCUT2D eigenvalue weighted by Crippen LogP contribution is 2.43. The Bertz CT molecular complexity index is 866. The van der Waals surface area contributed by atoms with Gasteiger partial charge in [0.2, 0.25) is 5.91 Å². The van der Waals surface area contributed by atoms with Gasteiger partial charge in [-0.1, -0.05) is 25.1 Å². The van der Waals surface area contributed by atoms with Crippen LogP contribution in [0.2, 0.25) is 0 Å². The number of aryl methyl sites for hydroxylation is 1. The molecule has 4 rings (SSSR count). The maximum atomic E-state index is 12.2. The summed E-state index contributed by atoms with van der Waals surface area (Å²) < 4.78 is 0. The van der Waals surface area contributed by atoms with Crippen LogP contribution >= 0.6 is 0 Å². The molecule has 0 spiro atoms. The van der Waals surface area contributed by atoms with E-state index in [0.29, 0.717) is 12.3 Å². The van der Waals surface area contributed by atoms with Gasteiger partial charge in [0.25, 0.3) is 0 Å². The van der Waals surface area contributed by atoms with E-state index in [-0.39, 0.29) is 11.7 Å². The fourth-order valence-corrected chi connectivity index (χ4v) is 4.15. The van der Waals surface area contributed by atoms with E-state index in [9.17, 15) is 9.59 Å². The third-order valence-electron chi connectivity index (χ3n) is 5.32. The van der Waals surface area contributed by atoms with Crippen LogP contribution in [0.4, 0.5) is 5.69 Å². The smallest absolute Gasteiger partial charge is 0.221 e. The molecule has 1 atom stereocenters. The number of Topliss-reactive ketones (excluding diaryl/α,β-unsaturated/α-hetero) is 1. The molecule has 24 heavy (non-hydrogen) atoms. The number of benzene rings is 2. The molecule has 0 radical (unpaired) electrons. The second-order valence-electron chi connectivity index (χ2n) is 6.97. The van der Waals surface area contributed by atoms with E-state index in [0.717, 1.165) is 30.5 Å². The minimum atomic E-state index is -0.0645. The van der Waals surface area contributed by atoms with E-state index in [4.69, 9.17) is 0 Å². The molecule has 0 saturated carbocycles. The first-order valence-electron chi connectivity index (χ1n) is 8.64. The van der Waals surface area contributed by atoms with Crippen molar-refractivity contribution >= 4 is 17.4 Å². The van der Waals surface area contributed by atoms with Crippen LogP contribution in [-0.2, 0) is 17.6 Å². The van der Waals surface area contributed by atoms with Gasteiger partial charge in [0, 0.05) is 24.6 Å². The van der Waals surface area contributed by atoms with E-state index in [1.807, 2.05) is 12.1 Å². The predicted molar refractivity (Wildman–Crippen MR) is 95.6 cm³/mol. The van der Waals surface area contributed by atoms with Gasteiger partial charge < -0.3 is 5.32 Å². The summed E-state index contributed by atoms with van der Waals surface area (Å²) in [6.45, 7) is 3.78. The highest BCUT2D eigenvalue weighted by atomic mass is 16.1. The zero-order chi connectivity index (χ0) is 16.8. The molecule has 0 heterocycles. The van der Waals surface area contributed by atoms with E-state index < -0.39 is 0 Å². The summed E-state index contributed by atoms with van der Waals surface area (Å²) in [5, 5.41) is 2.89. The van der Waals surface area contributed by atoms with Crippen LogP contribution in [0.15, 0.2) is 30.3 Å². The number of rotatable bonds is 1. The molecule has 2 aliphatic carbocycles. The number of fused-ring (bicyclic) bond motifs is 5. The van der Waals surface area contributed by atoms with Crippen LogP contribution < -0.4 is 5.32 Å². The fraction of sp³-hybridized carbons (Fsp3) is 0.333. The molecule has 2 aromatic carbocycles. The minimum Gasteiger partial charge on any atom is -0.326 e. The molecule has 3 nitrogen and oxygen atoms in total. The first kappa shape index (κ1) is 15.1. The first-order chi connectivity index (χ1) is 11.5. The molecule has 2 aliphatic rings. The van der Waals surface area contributed by atoms with Crippen molar-refractivity contribution in [3.63, 3.8) is 0 Å². The quantitative estimate of drug-likeness (QED) is 0.841. The summed E-state index contributed by atoms with van der Waals surface area (Å²) in [5.41, 5.74) is 7.98. The Hall–Kier alpha value is -2.42. The van der Waals surface area contributed by atoms with E-state index in [1.54, 1.807) is 0 Å². The van der Waals surface area contributed by atoms with Gasteiger partial charge in [0.05, 0.1) is 0 Å². The largest absolute Gasteiger partial charge is 0.326 e. The molecule has 0 aromatic heterocycles. The molecule has 0 aliphatic heterocycles. The zero-order valence-corrected chi connectivity index (χ0v) is 14.1. The van der Waals surface area contributed by atoms with Crippen molar-refractivity contribution in [3.05, 3.63) is 52.6 Å². The molecule has 0 saturated heterocycles. The molecule has 0 fully saturated rings. The number of carbonyl (C=O) groups is 2. The molecular weight excluding hydrogens is 298 g/mol. The second kappa shape index (κ2) is 5.59. The lowest BCUT2D eigenvalue weighted by Gasteiger charge is -2.17. The topological polar surface area (TPSA) is 46.2 Å². The molecule has 1 unspecified atom stereocenters. The number of hydrogen-bond acceptors (Lipinski definition) is 2. The van der Waals surface area contributed by atoms with Gasteiger partial charge in [0.15, 0.2) is 5.78 Å². The lowest BCUT2D eigenvalue weighted by Crippen LogP contribution is -2.06. The average Bonchev–Trinajstić information content (AvgIpc) is 2.86. The van der Waals surface area contributed by atoms with Crippen molar-refractivity contribution in [1.29, 1.82) is 0 Å². The summed E-state index contributed by atoms with van der Waals surface area (Å²) in [7, 11) is 0. The Labute approximate surface area is 142 Å². The monoisotopic (exact) mass is 319 g/mol. The summed E-state index contributed by atoms with van der Waals surface area (Å²) in [5.74, 6) is 0.654. The molecule has 3 heteroatoms. The number of amides is 1. The number of nitrogens with one attached hydrogen (secondary N) is 1. The third kappa shape index (κ3) is 2.35. The van der Waals surface area contributed by atoms with E-state index >= 15 is 0 Å². The van der Waals surface area contributed by atoms with E-state index in [2.05, 4.69) is 30.4 Å². The number of carbonyl (C=O) groups excluding carboxylic acids is 2. The van der Waals surface area contributed by atoms with Crippen molar-refractivity contribution in [1.82, 2.24) is 0 Å². The Morgan fingerprint density at radius 1 is 1.08 bits per heavy atom. The molecule has 1 N–H and O–H groups in total. The highest BCUT2D eigenvalue weighted by Gasteiger charge is 2.28. The number of anilines is 1. The van der Waals surface area contributed by atoms with Gasteiger partial charge in [0.1, 0.15) is 0 Å². The summed E-state index contributed by atoms with van der Waals surface area (Å²) in [6, 6.07) is 10.3. The minimum absolute atomic E-state index is 0.0645. The van der Waals surface area contributed by atoms with Crippen molar-refractivity contribution in [2.24, 2.45) is 0 Å². The van der Waals surface area contributed by atoms with Gasteiger partial charge in [-0.25, -0.2) is 0 Å². The Balaban J connectivity index is 1.97. The standard InChI is InChI=1S/C21H21NO2/c1-12-3-4-14-5-7-17-18(9-10-20(17)24)21(14)19-11-15(22-13(2)23)6-8-16(12)19/h5-8,11-12H,3-4,9-10H2,1-2H3,(H,22,23). The second-order valence-corrected chi connectivity index (χ2v) is 6.97. The van der Waals surface area contributed by atoms with Crippen LogP contribution in [0.25, 0.3) is 11.1 Å². The van der Waals surface area contributed by atoms with Gasteiger partial charge in [-0.15, -0.1) is 0 Å². The molecule has 0 bridgehead atoms. The van der Waals surface area contributed by atoms with Crippen molar-refractivity contribution in [2.45, 2.75) is 45.4 Å². The fourth-order valence-electron chi connectivity index (χ4n) is 4.15. The lowest BCUT2D eigenvalue weighted by molar-refractivity contribution is -0.114. The molecule has 122 valence electrons. The average molecular weight is 319 g/mol. The van der Waals surface area contributed by atoms with Crippen molar-refractivity contribution in [2.75, 3.05) is 5.32 Å². The summed E-state index contributed by atoms with van der Waals surface area (Å²) in [6.07, 6.45) is 3.58. The first-order valence-corrected chi connectivity index (χ1v) is 8.64. The van der Waals surface area contributed by atoms with Gasteiger partial charge in [-0.05, 0) is 65.1 Å². The molecular formula is C21H21NO2. The van der Waals surface area contributed by atoms with Gasteiger partial charge >= 0.3 is 0 Å². The van der Waals surface area contributed by atoms with Crippen LogP contribution in [0.1, 0.15) is 59.7 Å². The number of hydrogen-bond donors (Lipinski definition) is 1. The van der Waals surface area contributed by atoms with Gasteiger partial charge in [-0.2, -0.15) is 0 Å². The predicted octanol–water partition coefficient (Wildman–Crippen LogP) is 4.49. The van der Waals surface area contributed by atoms with Crippen LogP contribution in [0.5, 0.6) is 0 Å². The van der Waals surface area contributed by atoms with E-state index in [1.165, 1.54) is 34.7 Å². The normalized spacial score (nSPS) is 18.4. The Kier molecular flexibility index (Phi) is 3.52.